The molecule has 9 heteroatoms. The van der Waals surface area contributed by atoms with Gasteiger partial charge in [-0.05, 0) is 23.8 Å². The molecule has 2 N–H and O–H groups in total. The molecule has 1 amide bonds. The highest BCUT2D eigenvalue weighted by Crippen LogP contribution is 2.14. The lowest BCUT2D eigenvalue weighted by molar-refractivity contribution is -0.120. The van der Waals surface area contributed by atoms with Crippen molar-refractivity contribution >= 4 is 47.4 Å². The zero-order valence-corrected chi connectivity index (χ0v) is 19.3. The predicted octanol–water partition coefficient (Wildman–Crippen LogP) is 2.80. The summed E-state index contributed by atoms with van der Waals surface area (Å²) in [4.78, 5) is 18.2. The van der Waals surface area contributed by atoms with Crippen LogP contribution in [0.25, 0.3) is 0 Å². The smallest absolute Gasteiger partial charge is 0.224 e. The first-order valence-electron chi connectivity index (χ1n) is 8.62. The van der Waals surface area contributed by atoms with Gasteiger partial charge in [0.05, 0.1) is 18.0 Å². The Morgan fingerprint density at radius 1 is 1.29 bits per heavy atom. The van der Waals surface area contributed by atoms with E-state index in [-0.39, 0.29) is 42.1 Å². The average molecular weight is 522 g/mol. The first-order valence-corrected chi connectivity index (χ1v) is 9.00. The first-order chi connectivity index (χ1) is 12.9. The molecular weight excluding hydrogens is 496 g/mol. The van der Waals surface area contributed by atoms with Crippen molar-refractivity contribution < 1.29 is 9.18 Å². The van der Waals surface area contributed by atoms with Crippen LogP contribution in [0.1, 0.15) is 11.3 Å². The van der Waals surface area contributed by atoms with Crippen LogP contribution in [0.3, 0.4) is 0 Å². The van der Waals surface area contributed by atoms with Crippen LogP contribution in [0.4, 0.5) is 4.39 Å². The summed E-state index contributed by atoms with van der Waals surface area (Å²) in [5.41, 5.74) is 1.71. The van der Waals surface area contributed by atoms with Crippen molar-refractivity contribution in [3.8, 4) is 0 Å². The van der Waals surface area contributed by atoms with Gasteiger partial charge in [-0.3, -0.25) is 9.79 Å². The normalized spacial score (nSPS) is 11.0. The Labute approximate surface area is 187 Å². The molecule has 0 aliphatic rings. The Hall–Kier alpha value is -1.81. The number of nitrogens with one attached hydrogen (secondary N) is 2. The maximum Gasteiger partial charge on any atom is 0.224 e. The predicted molar refractivity (Wildman–Crippen MR) is 122 cm³/mol. The fraction of sp³-hybridized carbons (Fsp3) is 0.368. The van der Waals surface area contributed by atoms with Crippen molar-refractivity contribution in [1.29, 1.82) is 0 Å². The van der Waals surface area contributed by atoms with E-state index in [0.717, 1.165) is 5.69 Å². The molecule has 28 heavy (non-hydrogen) atoms. The van der Waals surface area contributed by atoms with E-state index in [1.54, 1.807) is 19.2 Å². The Bertz CT molecular complexity index is 811. The minimum atomic E-state index is -0.340. The topological polar surface area (TPSA) is 61.7 Å². The van der Waals surface area contributed by atoms with Crippen molar-refractivity contribution in [2.45, 2.75) is 13.0 Å². The van der Waals surface area contributed by atoms with Crippen molar-refractivity contribution in [3.63, 3.8) is 0 Å². The number of aliphatic imine (C=N–C) groups is 1. The number of benzene rings is 1. The molecule has 154 valence electrons. The number of hydrogen-bond donors (Lipinski definition) is 2. The van der Waals surface area contributed by atoms with E-state index in [1.165, 1.54) is 12.1 Å². The summed E-state index contributed by atoms with van der Waals surface area (Å²) in [6.45, 7) is 1.62. The summed E-state index contributed by atoms with van der Waals surface area (Å²) in [7, 11) is 5.58. The van der Waals surface area contributed by atoms with E-state index in [0.29, 0.717) is 36.2 Å². The average Bonchev–Trinajstić information content (AvgIpc) is 2.92. The molecule has 0 saturated carbocycles. The monoisotopic (exact) mass is 521 g/mol. The molecule has 0 aliphatic carbocycles. The Kier molecular flexibility index (Phi) is 10.3. The quantitative estimate of drug-likeness (QED) is 0.255. The number of nitrogens with zero attached hydrogens (tertiary/aromatic N) is 3. The minimum Gasteiger partial charge on any atom is -0.354 e. The SMILES string of the molecule is CN=C(NCCNC(=O)Cc1cccc(F)c1)N(C)Cc1cc(Cl)cn1C.I. The molecule has 0 fully saturated rings. The number of halogens is 3. The van der Waals surface area contributed by atoms with Gasteiger partial charge < -0.3 is 20.1 Å². The summed E-state index contributed by atoms with van der Waals surface area (Å²) < 4.78 is 15.1. The maximum atomic E-state index is 13.1. The zero-order valence-electron chi connectivity index (χ0n) is 16.2. The third-order valence-corrected chi connectivity index (χ3v) is 4.24. The first kappa shape index (κ1) is 24.2. The zero-order chi connectivity index (χ0) is 19.8. The van der Waals surface area contributed by atoms with Crippen LogP contribution in [0, 0.1) is 5.82 Å². The standard InChI is InChI=1S/C19H25ClFN5O.HI/c1-22-19(26(3)13-17-11-15(20)12-25(17)2)24-8-7-23-18(27)10-14-5-4-6-16(21)9-14;/h4-6,9,11-12H,7-8,10,13H2,1-3H3,(H,22,24)(H,23,27);1H. The Morgan fingerprint density at radius 2 is 2.00 bits per heavy atom. The molecular formula is C19H26ClFIN5O. The number of carbonyl (C=O) groups is 1. The molecule has 0 spiro atoms. The summed E-state index contributed by atoms with van der Waals surface area (Å²) in [5.74, 6) is 0.226. The van der Waals surface area contributed by atoms with Crippen molar-refractivity contribution in [2.24, 2.45) is 12.0 Å². The molecule has 0 unspecified atom stereocenters. The maximum absolute atomic E-state index is 13.1. The number of carbonyl (C=O) groups excluding carboxylic acids is 1. The van der Waals surface area contributed by atoms with Gasteiger partial charge in [0.1, 0.15) is 5.82 Å². The van der Waals surface area contributed by atoms with Gasteiger partial charge in [0, 0.05) is 46.1 Å². The molecule has 2 aromatic rings. The minimum absolute atomic E-state index is 0. The second-order valence-electron chi connectivity index (χ2n) is 6.25. The third-order valence-electron chi connectivity index (χ3n) is 4.03. The fourth-order valence-electron chi connectivity index (χ4n) is 2.70. The van der Waals surface area contributed by atoms with Crippen molar-refractivity contribution in [2.75, 3.05) is 27.2 Å². The Morgan fingerprint density at radius 3 is 2.61 bits per heavy atom. The second-order valence-corrected chi connectivity index (χ2v) is 6.68. The lowest BCUT2D eigenvalue weighted by Gasteiger charge is -2.22. The molecule has 0 aliphatic heterocycles. The molecule has 0 bridgehead atoms. The van der Waals surface area contributed by atoms with Gasteiger partial charge in [0.25, 0.3) is 0 Å². The molecule has 1 heterocycles. The third kappa shape index (κ3) is 7.67. The molecule has 1 aromatic heterocycles. The Balaban J connectivity index is 0.00000392. The van der Waals surface area contributed by atoms with Gasteiger partial charge >= 0.3 is 0 Å². The number of guanidine groups is 1. The van der Waals surface area contributed by atoms with Crippen LogP contribution in [-0.2, 0) is 24.8 Å². The second kappa shape index (κ2) is 11.9. The van der Waals surface area contributed by atoms with Gasteiger partial charge in [-0.2, -0.15) is 0 Å². The van der Waals surface area contributed by atoms with E-state index < -0.39 is 0 Å². The van der Waals surface area contributed by atoms with Gasteiger partial charge in [-0.15, -0.1) is 24.0 Å². The number of rotatable bonds is 7. The molecule has 0 saturated heterocycles. The van der Waals surface area contributed by atoms with E-state index >= 15 is 0 Å². The van der Waals surface area contributed by atoms with E-state index in [9.17, 15) is 9.18 Å². The van der Waals surface area contributed by atoms with Crippen LogP contribution < -0.4 is 10.6 Å². The number of aromatic nitrogens is 1. The van der Waals surface area contributed by atoms with Crippen molar-refractivity contribution in [1.82, 2.24) is 20.1 Å². The molecule has 6 nitrogen and oxygen atoms in total. The molecule has 2 rings (SSSR count). The van der Waals surface area contributed by atoms with Gasteiger partial charge in [-0.25, -0.2) is 4.39 Å². The fourth-order valence-corrected chi connectivity index (χ4v) is 2.97. The van der Waals surface area contributed by atoms with Crippen LogP contribution in [-0.4, -0.2) is 48.5 Å². The summed E-state index contributed by atoms with van der Waals surface area (Å²) in [6.07, 6.45) is 2.01. The van der Waals surface area contributed by atoms with E-state index in [4.69, 9.17) is 11.6 Å². The van der Waals surface area contributed by atoms with Crippen LogP contribution >= 0.6 is 35.6 Å². The summed E-state index contributed by atoms with van der Waals surface area (Å²) >= 11 is 6.02. The lowest BCUT2D eigenvalue weighted by atomic mass is 10.1. The summed E-state index contributed by atoms with van der Waals surface area (Å²) in [6, 6.07) is 7.96. The van der Waals surface area contributed by atoms with Crippen molar-refractivity contribution in [3.05, 3.63) is 58.6 Å². The number of hydrogen-bond acceptors (Lipinski definition) is 2. The molecule has 0 atom stereocenters. The van der Waals surface area contributed by atoms with E-state index in [2.05, 4.69) is 15.6 Å². The van der Waals surface area contributed by atoms with Crippen LogP contribution in [0.5, 0.6) is 0 Å². The van der Waals surface area contributed by atoms with Crippen LogP contribution in [0.2, 0.25) is 5.02 Å². The van der Waals surface area contributed by atoms with Crippen LogP contribution in [0.15, 0.2) is 41.5 Å². The number of aryl methyl sites for hydroxylation is 1. The lowest BCUT2D eigenvalue weighted by Crippen LogP contribution is -2.42. The van der Waals surface area contributed by atoms with E-state index in [1.807, 2.05) is 35.8 Å². The van der Waals surface area contributed by atoms with Gasteiger partial charge in [-0.1, -0.05) is 23.7 Å². The largest absolute Gasteiger partial charge is 0.354 e. The molecule has 1 aromatic carbocycles. The summed E-state index contributed by atoms with van der Waals surface area (Å²) in [5, 5.41) is 6.71. The highest BCUT2D eigenvalue weighted by Gasteiger charge is 2.10. The highest BCUT2D eigenvalue weighted by atomic mass is 127. The number of amides is 1. The molecule has 0 radical (unpaired) electrons. The van der Waals surface area contributed by atoms with Gasteiger partial charge in [0.2, 0.25) is 5.91 Å². The highest BCUT2D eigenvalue weighted by molar-refractivity contribution is 14.0. The van der Waals surface area contributed by atoms with Gasteiger partial charge in [0.15, 0.2) is 5.96 Å².